The van der Waals surface area contributed by atoms with Gasteiger partial charge in [0.05, 0.1) is 0 Å². The van der Waals surface area contributed by atoms with E-state index in [1.54, 1.807) is 6.07 Å². The topological polar surface area (TPSA) is 32.9 Å². The first-order valence-electron chi connectivity index (χ1n) is 4.08. The Hall–Kier alpha value is -1.71. The number of halogens is 2. The molecule has 0 radical (unpaired) electrons. The molecule has 0 aliphatic heterocycles. The summed E-state index contributed by atoms with van der Waals surface area (Å²) in [5.74, 6) is 0. The molecule has 0 aliphatic rings. The van der Waals surface area contributed by atoms with Crippen LogP contribution in [0.3, 0.4) is 0 Å². The average molecular weight is 195 g/mol. The van der Waals surface area contributed by atoms with Crippen molar-refractivity contribution < 1.29 is 8.78 Å². The summed E-state index contributed by atoms with van der Waals surface area (Å²) >= 11 is 0. The zero-order valence-electron chi connectivity index (χ0n) is 7.13. The molecule has 1 aromatic carbocycles. The number of fused-ring (bicyclic) bond motifs is 1. The predicted molar refractivity (Wildman–Crippen MR) is 49.5 cm³/mol. The van der Waals surface area contributed by atoms with Crippen molar-refractivity contribution >= 4 is 10.8 Å². The molecule has 0 spiro atoms. The molecule has 2 aromatic rings. The molecule has 0 bridgehead atoms. The van der Waals surface area contributed by atoms with E-state index >= 15 is 0 Å². The SMILES string of the molecule is O=c1[nH]ccc2cc(C(F)F)ccc12. The van der Waals surface area contributed by atoms with Crippen molar-refractivity contribution in [3.8, 4) is 0 Å². The number of benzene rings is 1. The van der Waals surface area contributed by atoms with E-state index < -0.39 is 6.43 Å². The lowest BCUT2D eigenvalue weighted by Crippen LogP contribution is -2.04. The predicted octanol–water partition coefficient (Wildman–Crippen LogP) is 2.47. The fraction of sp³-hybridized carbons (Fsp3) is 0.100. The van der Waals surface area contributed by atoms with Crippen LogP contribution in [-0.4, -0.2) is 4.98 Å². The molecule has 4 heteroatoms. The molecule has 14 heavy (non-hydrogen) atoms. The summed E-state index contributed by atoms with van der Waals surface area (Å²) in [6, 6.07) is 5.61. The summed E-state index contributed by atoms with van der Waals surface area (Å²) in [7, 11) is 0. The highest BCUT2D eigenvalue weighted by atomic mass is 19.3. The quantitative estimate of drug-likeness (QED) is 0.744. The van der Waals surface area contributed by atoms with Gasteiger partial charge in [-0.25, -0.2) is 8.78 Å². The maximum absolute atomic E-state index is 12.3. The van der Waals surface area contributed by atoms with Crippen molar-refractivity contribution in [2.45, 2.75) is 6.43 Å². The Bertz CT molecular complexity index is 519. The first kappa shape index (κ1) is 8.87. The second-order valence-corrected chi connectivity index (χ2v) is 2.95. The maximum Gasteiger partial charge on any atom is 0.263 e. The third-order valence-electron chi connectivity index (χ3n) is 2.05. The minimum Gasteiger partial charge on any atom is -0.329 e. The number of rotatable bonds is 1. The molecule has 2 nitrogen and oxygen atoms in total. The van der Waals surface area contributed by atoms with Gasteiger partial charge in [0.2, 0.25) is 0 Å². The van der Waals surface area contributed by atoms with Crippen LogP contribution in [-0.2, 0) is 0 Å². The molecule has 0 amide bonds. The van der Waals surface area contributed by atoms with E-state index in [4.69, 9.17) is 0 Å². The molecule has 0 unspecified atom stereocenters. The summed E-state index contributed by atoms with van der Waals surface area (Å²) in [6.07, 6.45) is -1.06. The number of hydrogen-bond donors (Lipinski definition) is 1. The summed E-state index contributed by atoms with van der Waals surface area (Å²) in [6.45, 7) is 0. The van der Waals surface area contributed by atoms with Crippen LogP contribution in [0.25, 0.3) is 10.8 Å². The number of aromatic amines is 1. The van der Waals surface area contributed by atoms with E-state index in [2.05, 4.69) is 4.98 Å². The van der Waals surface area contributed by atoms with Crippen LogP contribution in [0.2, 0.25) is 0 Å². The normalized spacial score (nSPS) is 11.1. The van der Waals surface area contributed by atoms with Gasteiger partial charge in [0, 0.05) is 17.1 Å². The Morgan fingerprint density at radius 3 is 2.71 bits per heavy atom. The fourth-order valence-corrected chi connectivity index (χ4v) is 1.35. The van der Waals surface area contributed by atoms with Gasteiger partial charge >= 0.3 is 0 Å². The van der Waals surface area contributed by atoms with Gasteiger partial charge in [-0.2, -0.15) is 0 Å². The van der Waals surface area contributed by atoms with Crippen molar-refractivity contribution in [3.05, 3.63) is 46.4 Å². The van der Waals surface area contributed by atoms with Gasteiger partial charge < -0.3 is 4.98 Å². The van der Waals surface area contributed by atoms with E-state index in [0.717, 1.165) is 0 Å². The number of nitrogens with one attached hydrogen (secondary N) is 1. The smallest absolute Gasteiger partial charge is 0.263 e. The second-order valence-electron chi connectivity index (χ2n) is 2.95. The van der Waals surface area contributed by atoms with E-state index in [1.807, 2.05) is 0 Å². The molecule has 1 heterocycles. The van der Waals surface area contributed by atoms with Crippen molar-refractivity contribution in [2.24, 2.45) is 0 Å². The standard InChI is InChI=1S/C10H7F2NO/c11-9(12)7-1-2-8-6(5-7)3-4-13-10(8)14/h1-5,9H,(H,13,14). The average Bonchev–Trinajstić information content (AvgIpc) is 2.17. The molecule has 0 aliphatic carbocycles. The minimum absolute atomic E-state index is 0.0666. The van der Waals surface area contributed by atoms with Crippen LogP contribution in [0, 0.1) is 0 Å². The van der Waals surface area contributed by atoms with Crippen molar-refractivity contribution in [3.63, 3.8) is 0 Å². The highest BCUT2D eigenvalue weighted by Crippen LogP contribution is 2.21. The van der Waals surface area contributed by atoms with E-state index in [1.165, 1.54) is 24.4 Å². The van der Waals surface area contributed by atoms with Crippen LogP contribution in [0.4, 0.5) is 8.78 Å². The zero-order chi connectivity index (χ0) is 10.1. The lowest BCUT2D eigenvalue weighted by Gasteiger charge is -2.00. The van der Waals surface area contributed by atoms with E-state index in [0.29, 0.717) is 10.8 Å². The van der Waals surface area contributed by atoms with Gasteiger partial charge in [-0.15, -0.1) is 0 Å². The van der Waals surface area contributed by atoms with Crippen LogP contribution >= 0.6 is 0 Å². The summed E-state index contributed by atoms with van der Waals surface area (Å²) in [5.41, 5.74) is -0.327. The third kappa shape index (κ3) is 1.39. The molecule has 1 N–H and O–H groups in total. The number of aromatic nitrogens is 1. The molecular weight excluding hydrogens is 188 g/mol. The van der Waals surface area contributed by atoms with Crippen molar-refractivity contribution in [1.29, 1.82) is 0 Å². The molecule has 0 saturated heterocycles. The van der Waals surface area contributed by atoms with Crippen LogP contribution in [0.15, 0.2) is 35.3 Å². The highest BCUT2D eigenvalue weighted by Gasteiger charge is 2.07. The van der Waals surface area contributed by atoms with Crippen molar-refractivity contribution in [1.82, 2.24) is 4.98 Å². The zero-order valence-corrected chi connectivity index (χ0v) is 7.13. The molecule has 0 atom stereocenters. The van der Waals surface area contributed by atoms with E-state index in [9.17, 15) is 13.6 Å². The van der Waals surface area contributed by atoms with Crippen LogP contribution in [0.1, 0.15) is 12.0 Å². The fourth-order valence-electron chi connectivity index (χ4n) is 1.35. The Morgan fingerprint density at radius 2 is 2.00 bits per heavy atom. The number of H-pyrrole nitrogens is 1. The Morgan fingerprint density at radius 1 is 1.21 bits per heavy atom. The van der Waals surface area contributed by atoms with Gasteiger partial charge in [0.1, 0.15) is 0 Å². The van der Waals surface area contributed by atoms with Crippen molar-refractivity contribution in [2.75, 3.05) is 0 Å². The first-order chi connectivity index (χ1) is 6.68. The van der Waals surface area contributed by atoms with Gasteiger partial charge in [-0.3, -0.25) is 4.79 Å². The van der Waals surface area contributed by atoms with Gasteiger partial charge in [0.15, 0.2) is 0 Å². The number of hydrogen-bond acceptors (Lipinski definition) is 1. The minimum atomic E-state index is -2.50. The molecule has 1 aromatic heterocycles. The Kier molecular flexibility index (Phi) is 2.04. The summed E-state index contributed by atoms with van der Waals surface area (Å²) in [5, 5.41) is 0.962. The third-order valence-corrected chi connectivity index (χ3v) is 2.05. The van der Waals surface area contributed by atoms with Crippen LogP contribution in [0.5, 0.6) is 0 Å². The van der Waals surface area contributed by atoms with Crippen LogP contribution < -0.4 is 5.56 Å². The number of pyridine rings is 1. The lowest BCUT2D eigenvalue weighted by molar-refractivity contribution is 0.151. The molecule has 0 saturated carbocycles. The van der Waals surface area contributed by atoms with Gasteiger partial charge in [-0.1, -0.05) is 6.07 Å². The summed E-state index contributed by atoms with van der Waals surface area (Å²) in [4.78, 5) is 13.7. The van der Waals surface area contributed by atoms with Gasteiger partial charge in [0.25, 0.3) is 12.0 Å². The molecule has 72 valence electrons. The lowest BCUT2D eigenvalue weighted by atomic mass is 10.1. The number of alkyl halides is 2. The van der Waals surface area contributed by atoms with E-state index in [-0.39, 0.29) is 11.1 Å². The maximum atomic E-state index is 12.3. The van der Waals surface area contributed by atoms with Gasteiger partial charge in [-0.05, 0) is 23.6 Å². The highest BCUT2D eigenvalue weighted by molar-refractivity contribution is 5.81. The monoisotopic (exact) mass is 195 g/mol. The molecule has 2 rings (SSSR count). The largest absolute Gasteiger partial charge is 0.329 e. The molecule has 0 fully saturated rings. The second kappa shape index (κ2) is 3.21. The first-order valence-corrected chi connectivity index (χ1v) is 4.08. The molecular formula is C10H7F2NO. The Labute approximate surface area is 78.2 Å². The Balaban J connectivity index is 2.74. The summed E-state index contributed by atoms with van der Waals surface area (Å²) < 4.78 is 24.6.